The summed E-state index contributed by atoms with van der Waals surface area (Å²) >= 11 is 1.53. The fourth-order valence-electron chi connectivity index (χ4n) is 2.66. The zero-order valence-electron chi connectivity index (χ0n) is 13.2. The van der Waals surface area contributed by atoms with E-state index >= 15 is 0 Å². The van der Waals surface area contributed by atoms with Gasteiger partial charge in [0.15, 0.2) is 5.16 Å². The van der Waals surface area contributed by atoms with Gasteiger partial charge < -0.3 is 5.32 Å². The Morgan fingerprint density at radius 3 is 2.83 bits per heavy atom. The molecule has 1 unspecified atom stereocenters. The van der Waals surface area contributed by atoms with Crippen LogP contribution in [0.15, 0.2) is 40.3 Å². The summed E-state index contributed by atoms with van der Waals surface area (Å²) in [5, 5.41) is 3.61. The van der Waals surface area contributed by atoms with Gasteiger partial charge in [0.05, 0.1) is 6.04 Å². The van der Waals surface area contributed by atoms with Gasteiger partial charge in [-0.1, -0.05) is 30.8 Å². The van der Waals surface area contributed by atoms with Crippen LogP contribution in [0.5, 0.6) is 0 Å². The predicted molar refractivity (Wildman–Crippen MR) is 92.1 cm³/mol. The number of anilines is 1. The van der Waals surface area contributed by atoms with E-state index in [1.165, 1.54) is 23.4 Å². The summed E-state index contributed by atoms with van der Waals surface area (Å²) in [6, 6.07) is 9.21. The Morgan fingerprint density at radius 1 is 1.39 bits per heavy atom. The maximum atomic E-state index is 12.3. The molecule has 1 aliphatic rings. The van der Waals surface area contributed by atoms with Gasteiger partial charge in [0.1, 0.15) is 0 Å². The number of aryl methyl sites for hydroxylation is 2. The number of nitrogens with zero attached hydrogens (tertiary/aromatic N) is 2. The van der Waals surface area contributed by atoms with E-state index in [9.17, 15) is 9.59 Å². The summed E-state index contributed by atoms with van der Waals surface area (Å²) in [5.41, 5.74) is 2.65. The van der Waals surface area contributed by atoms with Gasteiger partial charge in [-0.25, -0.2) is 4.98 Å². The first-order valence-electron chi connectivity index (χ1n) is 7.68. The van der Waals surface area contributed by atoms with Crippen LogP contribution in [0.2, 0.25) is 0 Å². The van der Waals surface area contributed by atoms with Gasteiger partial charge in [0, 0.05) is 29.6 Å². The van der Waals surface area contributed by atoms with E-state index in [1.54, 1.807) is 4.57 Å². The second-order valence-electron chi connectivity index (χ2n) is 5.66. The number of hydrogen-bond donors (Lipinski definition) is 1. The quantitative estimate of drug-likeness (QED) is 0.876. The van der Waals surface area contributed by atoms with Crippen LogP contribution in [0.4, 0.5) is 5.69 Å². The van der Waals surface area contributed by atoms with E-state index in [2.05, 4.69) is 17.2 Å². The number of rotatable bonds is 4. The lowest BCUT2D eigenvalue weighted by atomic mass is 10.1. The Bertz CT molecular complexity index is 783. The van der Waals surface area contributed by atoms with Crippen molar-refractivity contribution >= 4 is 23.4 Å². The van der Waals surface area contributed by atoms with Crippen molar-refractivity contribution in [3.05, 3.63) is 51.9 Å². The molecule has 2 aromatic rings. The third kappa shape index (κ3) is 3.47. The van der Waals surface area contributed by atoms with Gasteiger partial charge in [0.25, 0.3) is 5.56 Å². The molecule has 0 aliphatic carbocycles. The lowest BCUT2D eigenvalue weighted by Crippen LogP contribution is -2.27. The van der Waals surface area contributed by atoms with Crippen LogP contribution in [0.25, 0.3) is 0 Å². The highest BCUT2D eigenvalue weighted by Crippen LogP contribution is 2.32. The normalized spacial score (nSPS) is 16.2. The lowest BCUT2D eigenvalue weighted by Gasteiger charge is -2.13. The van der Waals surface area contributed by atoms with Crippen molar-refractivity contribution in [2.75, 3.05) is 11.1 Å². The Kier molecular flexibility index (Phi) is 4.52. The molecule has 1 aromatic heterocycles. The van der Waals surface area contributed by atoms with Crippen molar-refractivity contribution in [2.24, 2.45) is 0 Å². The second kappa shape index (κ2) is 6.58. The first-order chi connectivity index (χ1) is 11.1. The number of benzene rings is 1. The second-order valence-corrected chi connectivity index (χ2v) is 6.64. The fourth-order valence-corrected chi connectivity index (χ4v) is 3.86. The smallest absolute Gasteiger partial charge is 0.254 e. The summed E-state index contributed by atoms with van der Waals surface area (Å²) in [7, 11) is 0. The van der Waals surface area contributed by atoms with Crippen LogP contribution in [-0.4, -0.2) is 21.2 Å². The van der Waals surface area contributed by atoms with Crippen LogP contribution in [-0.2, 0) is 11.2 Å². The minimum Gasteiger partial charge on any atom is -0.326 e. The van der Waals surface area contributed by atoms with Crippen LogP contribution >= 0.6 is 11.8 Å². The maximum Gasteiger partial charge on any atom is 0.254 e. The lowest BCUT2D eigenvalue weighted by molar-refractivity contribution is -0.116. The molecule has 3 rings (SSSR count). The van der Waals surface area contributed by atoms with E-state index in [-0.39, 0.29) is 23.9 Å². The van der Waals surface area contributed by atoms with E-state index in [0.29, 0.717) is 10.9 Å². The van der Waals surface area contributed by atoms with Crippen molar-refractivity contribution in [1.82, 2.24) is 9.55 Å². The molecule has 1 amide bonds. The van der Waals surface area contributed by atoms with Gasteiger partial charge in [-0.3, -0.25) is 14.2 Å². The predicted octanol–water partition coefficient (Wildman–Crippen LogP) is 2.79. The Hall–Kier alpha value is -2.08. The topological polar surface area (TPSA) is 64.0 Å². The summed E-state index contributed by atoms with van der Waals surface area (Å²) in [6.07, 6.45) is 1.25. The number of thioether (sulfide) groups is 1. The number of carbonyl (C=O) groups is 1. The van der Waals surface area contributed by atoms with Crippen molar-refractivity contribution in [1.29, 1.82) is 0 Å². The van der Waals surface area contributed by atoms with E-state index in [4.69, 9.17) is 0 Å². The molecule has 0 saturated carbocycles. The Balaban J connectivity index is 1.69. The van der Waals surface area contributed by atoms with Crippen molar-refractivity contribution < 1.29 is 4.79 Å². The Morgan fingerprint density at radius 2 is 2.13 bits per heavy atom. The molecule has 1 aromatic carbocycles. The third-order valence-corrected chi connectivity index (χ3v) is 4.98. The summed E-state index contributed by atoms with van der Waals surface area (Å²) in [6.45, 7) is 3.90. The number of nitrogens with one attached hydrogen (secondary N) is 1. The van der Waals surface area contributed by atoms with Crippen LogP contribution in [0.3, 0.4) is 0 Å². The number of amides is 1. The van der Waals surface area contributed by atoms with Crippen molar-refractivity contribution in [3.63, 3.8) is 0 Å². The van der Waals surface area contributed by atoms with Crippen LogP contribution in [0, 0.1) is 6.92 Å². The molecule has 6 heteroatoms. The molecule has 0 radical (unpaired) electrons. The average molecular weight is 329 g/mol. The van der Waals surface area contributed by atoms with Gasteiger partial charge >= 0.3 is 0 Å². The highest BCUT2D eigenvalue weighted by molar-refractivity contribution is 7.99. The van der Waals surface area contributed by atoms with E-state index < -0.39 is 0 Å². The van der Waals surface area contributed by atoms with Crippen molar-refractivity contribution in [2.45, 2.75) is 37.9 Å². The number of hydrogen-bond acceptors (Lipinski definition) is 4. The molecule has 0 bridgehead atoms. The first-order valence-corrected chi connectivity index (χ1v) is 8.67. The number of aromatic nitrogens is 2. The summed E-state index contributed by atoms with van der Waals surface area (Å²) < 4.78 is 1.64. The molecule has 1 atom stereocenters. The largest absolute Gasteiger partial charge is 0.326 e. The molecule has 0 saturated heterocycles. The Labute approximate surface area is 139 Å². The SMILES string of the molecule is CCc1ccc(NC(=O)CC2CSc3nc(C)cc(=O)n32)cc1. The standard InChI is InChI=1S/C17H19N3O2S/c1-3-12-4-6-13(7-5-12)19-15(21)9-14-10-23-17-18-11(2)8-16(22)20(14)17/h4-8,14H,3,9-10H2,1-2H3,(H,19,21). The van der Waals surface area contributed by atoms with Crippen molar-refractivity contribution in [3.8, 4) is 0 Å². The van der Waals surface area contributed by atoms with Gasteiger partial charge in [-0.05, 0) is 31.0 Å². The van der Waals surface area contributed by atoms with E-state index in [0.717, 1.165) is 17.8 Å². The van der Waals surface area contributed by atoms with Gasteiger partial charge in [0.2, 0.25) is 5.91 Å². The molecule has 0 spiro atoms. The zero-order valence-corrected chi connectivity index (χ0v) is 14.0. The van der Waals surface area contributed by atoms with E-state index in [1.807, 2.05) is 31.2 Å². The molecule has 0 fully saturated rings. The monoisotopic (exact) mass is 329 g/mol. The molecule has 5 nitrogen and oxygen atoms in total. The maximum absolute atomic E-state index is 12.3. The molecular formula is C17H19N3O2S. The average Bonchev–Trinajstić information content (AvgIpc) is 2.90. The fraction of sp³-hybridized carbons (Fsp3) is 0.353. The summed E-state index contributed by atoms with van der Waals surface area (Å²) in [5.74, 6) is 0.619. The molecule has 1 aliphatic heterocycles. The van der Waals surface area contributed by atoms with Gasteiger partial charge in [-0.15, -0.1) is 0 Å². The molecular weight excluding hydrogens is 310 g/mol. The highest BCUT2D eigenvalue weighted by Gasteiger charge is 2.27. The summed E-state index contributed by atoms with van der Waals surface area (Å²) in [4.78, 5) is 28.8. The zero-order chi connectivity index (χ0) is 16.4. The van der Waals surface area contributed by atoms with Crippen LogP contribution in [0.1, 0.15) is 30.6 Å². The molecule has 120 valence electrons. The molecule has 1 N–H and O–H groups in total. The molecule has 2 heterocycles. The number of fused-ring (bicyclic) bond motifs is 1. The number of carbonyl (C=O) groups excluding carboxylic acids is 1. The van der Waals surface area contributed by atoms with Crippen LogP contribution < -0.4 is 10.9 Å². The molecule has 23 heavy (non-hydrogen) atoms. The minimum atomic E-state index is -0.134. The minimum absolute atomic E-state index is 0.0809. The third-order valence-electron chi connectivity index (χ3n) is 3.88. The highest BCUT2D eigenvalue weighted by atomic mass is 32.2. The first kappa shape index (κ1) is 15.8. The van der Waals surface area contributed by atoms with Gasteiger partial charge in [-0.2, -0.15) is 0 Å².